The van der Waals surface area contributed by atoms with Crippen LogP contribution in [0.5, 0.6) is 0 Å². The van der Waals surface area contributed by atoms with Gasteiger partial charge in [0.15, 0.2) is 0 Å². The van der Waals surface area contributed by atoms with Gasteiger partial charge in [0.25, 0.3) is 0 Å². The van der Waals surface area contributed by atoms with E-state index < -0.39 is 18.1 Å². The normalized spacial score (nSPS) is 19.2. The van der Waals surface area contributed by atoms with Crippen molar-refractivity contribution < 1.29 is 24.2 Å². The lowest BCUT2D eigenvalue weighted by atomic mass is 9.78. The molecular formula is C26H26N2O5. The Labute approximate surface area is 192 Å². The number of carbonyl (C=O) groups is 3. The summed E-state index contributed by atoms with van der Waals surface area (Å²) >= 11 is 0. The highest BCUT2D eigenvalue weighted by atomic mass is 16.5. The molecule has 2 amide bonds. The second-order valence-corrected chi connectivity index (χ2v) is 8.57. The van der Waals surface area contributed by atoms with Gasteiger partial charge >= 0.3 is 12.1 Å². The molecule has 0 heterocycles. The van der Waals surface area contributed by atoms with Gasteiger partial charge < -0.3 is 20.5 Å². The van der Waals surface area contributed by atoms with E-state index in [4.69, 9.17) is 16.3 Å². The summed E-state index contributed by atoms with van der Waals surface area (Å²) in [6, 6.07) is 15.2. The molecule has 1 fully saturated rings. The van der Waals surface area contributed by atoms with E-state index in [1.807, 2.05) is 24.3 Å². The summed E-state index contributed by atoms with van der Waals surface area (Å²) in [5, 5.41) is 14.4. The Balaban J connectivity index is 1.22. The lowest BCUT2D eigenvalue weighted by Crippen LogP contribution is -2.47. The number of hydrogen-bond acceptors (Lipinski definition) is 4. The molecule has 2 aromatic rings. The van der Waals surface area contributed by atoms with Gasteiger partial charge in [-0.15, -0.1) is 12.3 Å². The topological polar surface area (TPSA) is 105 Å². The van der Waals surface area contributed by atoms with Gasteiger partial charge in [0.1, 0.15) is 12.6 Å². The average Bonchev–Trinajstić information content (AvgIpc) is 3.09. The third-order valence-corrected chi connectivity index (χ3v) is 6.33. The van der Waals surface area contributed by atoms with Gasteiger partial charge in [-0.1, -0.05) is 48.5 Å². The molecule has 3 N–H and O–H groups in total. The van der Waals surface area contributed by atoms with E-state index in [2.05, 4.69) is 40.8 Å². The predicted molar refractivity (Wildman–Crippen MR) is 122 cm³/mol. The number of rotatable bonds is 8. The fourth-order valence-corrected chi connectivity index (χ4v) is 4.66. The van der Waals surface area contributed by atoms with Gasteiger partial charge in [-0.25, -0.2) is 9.59 Å². The summed E-state index contributed by atoms with van der Waals surface area (Å²) in [6.07, 6.45) is 6.11. The highest BCUT2D eigenvalue weighted by Gasteiger charge is 2.34. The van der Waals surface area contributed by atoms with Crippen molar-refractivity contribution in [2.45, 2.75) is 43.7 Å². The molecule has 170 valence electrons. The molecule has 2 aliphatic carbocycles. The number of alkyl carbamates (subject to hydrolysis) is 1. The SMILES string of the molecule is C#CCC(NC(=O)CC1CC(NC(=O)OCC2c3ccccc3-c3ccccc32)C1)C(=O)O. The highest BCUT2D eigenvalue weighted by molar-refractivity contribution is 5.84. The van der Waals surface area contributed by atoms with E-state index in [1.165, 1.54) is 11.1 Å². The first-order valence-electron chi connectivity index (χ1n) is 11.0. The van der Waals surface area contributed by atoms with Crippen LogP contribution in [0.15, 0.2) is 48.5 Å². The average molecular weight is 447 g/mol. The Morgan fingerprint density at radius 1 is 1.06 bits per heavy atom. The quantitative estimate of drug-likeness (QED) is 0.540. The van der Waals surface area contributed by atoms with Crippen molar-refractivity contribution in [1.29, 1.82) is 0 Å². The Morgan fingerprint density at radius 3 is 2.24 bits per heavy atom. The first-order chi connectivity index (χ1) is 16.0. The standard InChI is InChI=1S/C26H26N2O5/c1-2-7-23(25(30)31)28-24(29)14-16-12-17(13-16)27-26(32)33-15-22-20-10-5-3-8-18(20)19-9-4-6-11-21(19)22/h1,3-6,8-11,16-17,22-23H,7,12-15H2,(H,27,32)(H,28,29)(H,30,31). The molecule has 2 aliphatic rings. The molecule has 33 heavy (non-hydrogen) atoms. The van der Waals surface area contributed by atoms with Gasteiger partial charge in [-0.05, 0) is 41.0 Å². The fraction of sp³-hybridized carbons (Fsp3) is 0.346. The van der Waals surface area contributed by atoms with Gasteiger partial charge in [-0.3, -0.25) is 4.79 Å². The number of terminal acetylenes is 1. The first-order valence-corrected chi connectivity index (χ1v) is 11.0. The molecule has 0 aliphatic heterocycles. The van der Waals surface area contributed by atoms with Crippen LogP contribution in [0.25, 0.3) is 11.1 Å². The number of ether oxygens (including phenoxy) is 1. The predicted octanol–water partition coefficient (Wildman–Crippen LogP) is 3.29. The molecule has 1 atom stereocenters. The fourth-order valence-electron chi connectivity index (χ4n) is 4.66. The van der Waals surface area contributed by atoms with Gasteiger partial charge in [0.2, 0.25) is 5.91 Å². The van der Waals surface area contributed by atoms with E-state index >= 15 is 0 Å². The van der Waals surface area contributed by atoms with Crippen LogP contribution in [-0.2, 0) is 14.3 Å². The lowest BCUT2D eigenvalue weighted by Gasteiger charge is -2.35. The molecule has 4 rings (SSSR count). The Bertz CT molecular complexity index is 1050. The van der Waals surface area contributed by atoms with E-state index in [1.54, 1.807) is 0 Å². The summed E-state index contributed by atoms with van der Waals surface area (Å²) in [5.74, 6) is 0.850. The molecule has 1 saturated carbocycles. The van der Waals surface area contributed by atoms with Crippen molar-refractivity contribution >= 4 is 18.0 Å². The van der Waals surface area contributed by atoms with Crippen molar-refractivity contribution in [3.8, 4) is 23.5 Å². The molecule has 0 radical (unpaired) electrons. The van der Waals surface area contributed by atoms with Crippen molar-refractivity contribution in [2.24, 2.45) is 5.92 Å². The number of hydrogen-bond donors (Lipinski definition) is 3. The Hall–Kier alpha value is -3.79. The maximum absolute atomic E-state index is 12.4. The van der Waals surface area contributed by atoms with E-state index in [-0.39, 0.29) is 43.2 Å². The van der Waals surface area contributed by atoms with Crippen LogP contribution >= 0.6 is 0 Å². The molecule has 0 saturated heterocycles. The van der Waals surface area contributed by atoms with Crippen LogP contribution in [-0.4, -0.2) is 41.8 Å². The van der Waals surface area contributed by atoms with Crippen LogP contribution in [0.3, 0.4) is 0 Å². The molecular weight excluding hydrogens is 420 g/mol. The smallest absolute Gasteiger partial charge is 0.407 e. The molecule has 1 unspecified atom stereocenters. The van der Waals surface area contributed by atoms with Crippen molar-refractivity contribution in [3.63, 3.8) is 0 Å². The number of benzene rings is 2. The molecule has 0 bridgehead atoms. The van der Waals surface area contributed by atoms with Gasteiger partial charge in [0, 0.05) is 24.8 Å². The Morgan fingerprint density at radius 2 is 1.67 bits per heavy atom. The second-order valence-electron chi connectivity index (χ2n) is 8.57. The minimum atomic E-state index is -1.15. The van der Waals surface area contributed by atoms with Crippen molar-refractivity contribution in [3.05, 3.63) is 59.7 Å². The number of fused-ring (bicyclic) bond motifs is 3. The van der Waals surface area contributed by atoms with Gasteiger partial charge in [0.05, 0.1) is 0 Å². The van der Waals surface area contributed by atoms with E-state index in [9.17, 15) is 14.4 Å². The van der Waals surface area contributed by atoms with Crippen molar-refractivity contribution in [1.82, 2.24) is 10.6 Å². The summed E-state index contributed by atoms with van der Waals surface area (Å²) in [5.41, 5.74) is 4.67. The van der Waals surface area contributed by atoms with Crippen LogP contribution < -0.4 is 10.6 Å². The minimum absolute atomic E-state index is 0.00572. The maximum Gasteiger partial charge on any atom is 0.407 e. The lowest BCUT2D eigenvalue weighted by molar-refractivity contribution is -0.141. The molecule has 2 aromatic carbocycles. The largest absolute Gasteiger partial charge is 0.480 e. The van der Waals surface area contributed by atoms with E-state index in [0.717, 1.165) is 11.1 Å². The molecule has 0 aromatic heterocycles. The summed E-state index contributed by atoms with van der Waals surface area (Å²) in [4.78, 5) is 35.5. The monoisotopic (exact) mass is 446 g/mol. The third kappa shape index (κ3) is 5.01. The summed E-state index contributed by atoms with van der Waals surface area (Å²) < 4.78 is 5.55. The van der Waals surface area contributed by atoms with Crippen LogP contribution in [0.2, 0.25) is 0 Å². The zero-order valence-corrected chi connectivity index (χ0v) is 18.1. The number of carboxylic acids is 1. The third-order valence-electron chi connectivity index (χ3n) is 6.33. The molecule has 0 spiro atoms. The van der Waals surface area contributed by atoms with Crippen LogP contribution in [0.1, 0.15) is 42.7 Å². The maximum atomic E-state index is 12.4. The number of aliphatic carboxylic acids is 1. The minimum Gasteiger partial charge on any atom is -0.480 e. The first kappa shape index (κ1) is 22.4. The number of amides is 2. The molecule has 7 heteroatoms. The zero-order chi connectivity index (χ0) is 23.4. The van der Waals surface area contributed by atoms with Crippen molar-refractivity contribution in [2.75, 3.05) is 6.61 Å². The summed E-state index contributed by atoms with van der Waals surface area (Å²) in [7, 11) is 0. The van der Waals surface area contributed by atoms with Crippen LogP contribution in [0.4, 0.5) is 4.79 Å². The number of carboxylic acid groups (broad SMARTS) is 1. The second kappa shape index (κ2) is 9.78. The highest BCUT2D eigenvalue weighted by Crippen LogP contribution is 2.44. The number of carbonyl (C=O) groups excluding carboxylic acids is 2. The van der Waals surface area contributed by atoms with Gasteiger partial charge in [-0.2, -0.15) is 0 Å². The number of nitrogens with one attached hydrogen (secondary N) is 2. The van der Waals surface area contributed by atoms with E-state index in [0.29, 0.717) is 12.8 Å². The molecule has 7 nitrogen and oxygen atoms in total. The summed E-state index contributed by atoms with van der Waals surface area (Å²) in [6.45, 7) is 0.254. The Kier molecular flexibility index (Phi) is 6.64. The zero-order valence-electron chi connectivity index (χ0n) is 18.1. The van der Waals surface area contributed by atoms with Crippen LogP contribution in [0, 0.1) is 18.3 Å².